The first-order valence-corrected chi connectivity index (χ1v) is 10.8. The number of amides is 1. The summed E-state index contributed by atoms with van der Waals surface area (Å²) in [5.74, 6) is -5.09. The van der Waals surface area contributed by atoms with Crippen LogP contribution in [0.3, 0.4) is 0 Å². The lowest BCUT2D eigenvalue weighted by molar-refractivity contribution is -0.178. The van der Waals surface area contributed by atoms with Crippen molar-refractivity contribution in [2.24, 2.45) is 5.73 Å². The lowest BCUT2D eigenvalue weighted by Gasteiger charge is -2.41. The number of thioether (sulfide) groups is 1. The van der Waals surface area contributed by atoms with Crippen LogP contribution in [0.25, 0.3) is 11.3 Å². The number of halogens is 3. The Hall–Kier alpha value is -2.97. The molecule has 1 amide bonds. The van der Waals surface area contributed by atoms with Crippen molar-refractivity contribution >= 4 is 17.7 Å². The van der Waals surface area contributed by atoms with Crippen molar-refractivity contribution in [1.82, 2.24) is 15.0 Å². The summed E-state index contributed by atoms with van der Waals surface area (Å²) in [7, 11) is 0. The third-order valence-electron chi connectivity index (χ3n) is 5.31. The van der Waals surface area contributed by atoms with E-state index in [-0.39, 0.29) is 16.8 Å². The number of nitrogens with zero attached hydrogens (tertiary/aromatic N) is 3. The molecule has 1 aliphatic heterocycles. The maximum absolute atomic E-state index is 13.6. The Morgan fingerprint density at radius 3 is 2.50 bits per heavy atom. The van der Waals surface area contributed by atoms with E-state index in [4.69, 9.17) is 10.5 Å². The van der Waals surface area contributed by atoms with Crippen molar-refractivity contribution in [3.8, 4) is 11.3 Å². The number of aliphatic hydroxyl groups is 3. The number of primary amides is 1. The van der Waals surface area contributed by atoms with E-state index >= 15 is 0 Å². The highest BCUT2D eigenvalue weighted by atomic mass is 32.2. The summed E-state index contributed by atoms with van der Waals surface area (Å²) >= 11 is 1.03. The number of aliphatic hydroxyl groups excluding tert-OH is 3. The van der Waals surface area contributed by atoms with Crippen LogP contribution in [0, 0.1) is 17.5 Å². The molecule has 1 saturated heterocycles. The number of rotatable bonds is 6. The van der Waals surface area contributed by atoms with Gasteiger partial charge in [-0.15, -0.1) is 5.10 Å². The molecule has 180 valence electrons. The second-order valence-corrected chi connectivity index (χ2v) is 8.72. The molecule has 2 unspecified atom stereocenters. The average Bonchev–Trinajstić information content (AvgIpc) is 3.29. The molecule has 5 N–H and O–H groups in total. The van der Waals surface area contributed by atoms with E-state index in [9.17, 15) is 33.3 Å². The zero-order chi connectivity index (χ0) is 24.6. The van der Waals surface area contributed by atoms with E-state index in [0.717, 1.165) is 28.6 Å². The topological polar surface area (TPSA) is 144 Å². The SMILES string of the molecule is NC(=O)c1cccc(S[C@H]2OC(CO)[C@H](O)C(n3cc(-c4cc(F)c(F)c(F)c4)nn3)[C@@H]2O)c1. The Balaban J connectivity index is 1.63. The molecule has 5 atom stereocenters. The van der Waals surface area contributed by atoms with Gasteiger partial charge in [0.2, 0.25) is 5.91 Å². The van der Waals surface area contributed by atoms with Crippen molar-refractivity contribution in [3.05, 3.63) is 65.6 Å². The molecule has 13 heteroatoms. The number of ether oxygens (including phenoxy) is 1. The van der Waals surface area contributed by atoms with Crippen molar-refractivity contribution in [3.63, 3.8) is 0 Å². The average molecular weight is 496 g/mol. The van der Waals surface area contributed by atoms with E-state index in [1.165, 1.54) is 18.3 Å². The fraction of sp³-hybridized carbons (Fsp3) is 0.286. The molecule has 0 spiro atoms. The molecule has 2 aromatic carbocycles. The van der Waals surface area contributed by atoms with Crippen LogP contribution in [0.1, 0.15) is 16.4 Å². The molecule has 9 nitrogen and oxygen atoms in total. The number of hydrogen-bond acceptors (Lipinski definition) is 8. The van der Waals surface area contributed by atoms with Crippen LogP contribution in [0.2, 0.25) is 0 Å². The lowest BCUT2D eigenvalue weighted by Crippen LogP contribution is -2.55. The monoisotopic (exact) mass is 496 g/mol. The van der Waals surface area contributed by atoms with Crippen LogP contribution in [0.15, 0.2) is 47.5 Å². The Bertz CT molecular complexity index is 1190. The normalized spacial score (nSPS) is 24.8. The molecule has 4 rings (SSSR count). The quantitative estimate of drug-likeness (QED) is 0.373. The largest absolute Gasteiger partial charge is 0.394 e. The molecular formula is C21H19F3N4O5S. The van der Waals surface area contributed by atoms with Crippen LogP contribution in [0.5, 0.6) is 0 Å². The van der Waals surface area contributed by atoms with Gasteiger partial charge in [-0.25, -0.2) is 17.9 Å². The van der Waals surface area contributed by atoms with Crippen molar-refractivity contribution < 1.29 is 38.0 Å². The summed E-state index contributed by atoms with van der Waals surface area (Å²) in [6.07, 6.45) is -2.71. The van der Waals surface area contributed by atoms with Gasteiger partial charge in [-0.3, -0.25) is 4.79 Å². The Labute approximate surface area is 195 Å². The van der Waals surface area contributed by atoms with E-state index in [2.05, 4.69) is 10.3 Å². The smallest absolute Gasteiger partial charge is 0.248 e. The maximum Gasteiger partial charge on any atom is 0.248 e. The zero-order valence-electron chi connectivity index (χ0n) is 17.3. The minimum absolute atomic E-state index is 0.0393. The molecule has 1 fully saturated rings. The molecule has 34 heavy (non-hydrogen) atoms. The van der Waals surface area contributed by atoms with Gasteiger partial charge < -0.3 is 25.8 Å². The van der Waals surface area contributed by atoms with Gasteiger partial charge in [0.15, 0.2) is 17.5 Å². The van der Waals surface area contributed by atoms with Crippen molar-refractivity contribution in [2.75, 3.05) is 6.61 Å². The highest BCUT2D eigenvalue weighted by Crippen LogP contribution is 2.38. The Morgan fingerprint density at radius 1 is 1.15 bits per heavy atom. The molecular weight excluding hydrogens is 477 g/mol. The highest BCUT2D eigenvalue weighted by molar-refractivity contribution is 7.99. The van der Waals surface area contributed by atoms with Gasteiger partial charge in [0.1, 0.15) is 35.5 Å². The van der Waals surface area contributed by atoms with Gasteiger partial charge in [0, 0.05) is 16.0 Å². The van der Waals surface area contributed by atoms with Gasteiger partial charge in [-0.1, -0.05) is 23.0 Å². The summed E-state index contributed by atoms with van der Waals surface area (Å²) in [4.78, 5) is 12.0. The highest BCUT2D eigenvalue weighted by Gasteiger charge is 2.46. The second kappa shape index (κ2) is 9.72. The summed E-state index contributed by atoms with van der Waals surface area (Å²) in [6, 6.07) is 6.59. The summed E-state index contributed by atoms with van der Waals surface area (Å²) in [5.41, 5.74) is 4.38. The maximum atomic E-state index is 13.6. The third-order valence-corrected chi connectivity index (χ3v) is 6.46. The first-order valence-electron chi connectivity index (χ1n) is 9.95. The Kier molecular flexibility index (Phi) is 6.91. The van der Waals surface area contributed by atoms with Crippen LogP contribution in [0.4, 0.5) is 13.2 Å². The summed E-state index contributed by atoms with van der Waals surface area (Å²) < 4.78 is 47.2. The molecule has 0 radical (unpaired) electrons. The number of aromatic nitrogens is 3. The summed E-state index contributed by atoms with van der Waals surface area (Å²) in [5, 5.41) is 39.0. The molecule has 0 saturated carbocycles. The van der Waals surface area contributed by atoms with Crippen LogP contribution in [-0.4, -0.2) is 66.6 Å². The first-order chi connectivity index (χ1) is 16.2. The van der Waals surface area contributed by atoms with Gasteiger partial charge in [-0.2, -0.15) is 0 Å². The predicted octanol–water partition coefficient (Wildman–Crippen LogP) is 1.23. The van der Waals surface area contributed by atoms with Gasteiger partial charge in [0.25, 0.3) is 0 Å². The van der Waals surface area contributed by atoms with E-state index in [1.54, 1.807) is 12.1 Å². The van der Waals surface area contributed by atoms with E-state index < -0.39 is 59.8 Å². The predicted molar refractivity (Wildman–Crippen MR) is 113 cm³/mol. The fourth-order valence-corrected chi connectivity index (χ4v) is 4.71. The minimum atomic E-state index is -1.63. The van der Waals surface area contributed by atoms with Gasteiger partial charge in [-0.05, 0) is 30.3 Å². The third kappa shape index (κ3) is 4.65. The number of carbonyl (C=O) groups excluding carboxylic acids is 1. The van der Waals surface area contributed by atoms with E-state index in [1.807, 2.05) is 0 Å². The van der Waals surface area contributed by atoms with Crippen LogP contribution >= 0.6 is 11.8 Å². The van der Waals surface area contributed by atoms with Crippen molar-refractivity contribution in [1.29, 1.82) is 0 Å². The standard InChI is InChI=1S/C21H19F3N4O5S/c22-12-5-10(6-13(23)16(12)24)14-7-28(27-26-14)17-18(30)15(8-29)33-21(19(17)31)34-11-3-1-2-9(4-11)20(25)32/h1-7,15,17-19,21,29-31H,8H2,(H2,25,32)/t15?,17?,18-,19-,21+/m0/s1. The Morgan fingerprint density at radius 2 is 1.85 bits per heavy atom. The van der Waals surface area contributed by atoms with Crippen LogP contribution < -0.4 is 5.73 Å². The fourth-order valence-electron chi connectivity index (χ4n) is 3.59. The number of hydrogen-bond donors (Lipinski definition) is 4. The van der Waals surface area contributed by atoms with E-state index in [0.29, 0.717) is 4.90 Å². The van der Waals surface area contributed by atoms with Crippen LogP contribution in [-0.2, 0) is 4.74 Å². The van der Waals surface area contributed by atoms with Gasteiger partial charge >= 0.3 is 0 Å². The number of nitrogens with two attached hydrogens (primary N) is 1. The summed E-state index contributed by atoms with van der Waals surface area (Å²) in [6.45, 7) is -0.585. The van der Waals surface area contributed by atoms with Crippen molar-refractivity contribution in [2.45, 2.75) is 34.7 Å². The number of carbonyl (C=O) groups is 1. The molecule has 0 bridgehead atoms. The zero-order valence-corrected chi connectivity index (χ0v) is 18.1. The lowest BCUT2D eigenvalue weighted by atomic mass is 9.97. The first kappa shape index (κ1) is 24.2. The molecule has 0 aliphatic carbocycles. The molecule has 1 aromatic heterocycles. The van der Waals surface area contributed by atoms with Gasteiger partial charge in [0.05, 0.1) is 12.8 Å². The number of benzene rings is 2. The molecule has 3 aromatic rings. The second-order valence-electron chi connectivity index (χ2n) is 7.54. The molecule has 2 heterocycles. The molecule has 1 aliphatic rings. The minimum Gasteiger partial charge on any atom is -0.394 e.